The van der Waals surface area contributed by atoms with E-state index in [0.29, 0.717) is 23.4 Å². The molecular weight excluding hydrogens is 368 g/mol. The van der Waals surface area contributed by atoms with Crippen molar-refractivity contribution in [2.45, 2.75) is 77.6 Å². The molecule has 0 atom stereocenters. The van der Waals surface area contributed by atoms with Gasteiger partial charge in [-0.15, -0.1) is 0 Å². The highest BCUT2D eigenvalue weighted by atomic mass is 16.5. The molecule has 162 valence electrons. The molecule has 1 aromatic rings. The lowest BCUT2D eigenvalue weighted by Gasteiger charge is -2.26. The van der Waals surface area contributed by atoms with Crippen molar-refractivity contribution in [3.8, 4) is 11.5 Å². The number of rotatable bonds is 12. The minimum Gasteiger partial charge on any atom is -0.507 e. The molecule has 2 N–H and O–H groups in total. The minimum absolute atomic E-state index is 0.00340. The van der Waals surface area contributed by atoms with Crippen molar-refractivity contribution in [3.05, 3.63) is 23.8 Å². The molecule has 6 heteroatoms. The lowest BCUT2D eigenvalue weighted by Crippen LogP contribution is -2.38. The number of phenols is 1. The van der Waals surface area contributed by atoms with E-state index in [9.17, 15) is 15.1 Å². The van der Waals surface area contributed by atoms with E-state index < -0.39 is 0 Å². The predicted octanol–water partition coefficient (Wildman–Crippen LogP) is 5.10. The topological polar surface area (TPSA) is 82.4 Å². The number of likely N-dealkylation sites (tertiary alicyclic amines) is 1. The fourth-order valence-corrected chi connectivity index (χ4v) is 3.71. The van der Waals surface area contributed by atoms with E-state index in [0.717, 1.165) is 38.8 Å². The normalized spacial score (nSPS) is 14.8. The number of piperidine rings is 1. The Morgan fingerprint density at radius 3 is 2.41 bits per heavy atom. The Labute approximate surface area is 174 Å². The highest BCUT2D eigenvalue weighted by Gasteiger charge is 2.17. The summed E-state index contributed by atoms with van der Waals surface area (Å²) in [4.78, 5) is 14.0. The van der Waals surface area contributed by atoms with Crippen molar-refractivity contribution in [2.75, 3.05) is 19.7 Å². The monoisotopic (exact) mass is 404 g/mol. The molecule has 0 aliphatic carbocycles. The molecule has 6 nitrogen and oxygen atoms in total. The molecule has 0 aromatic heterocycles. The second kappa shape index (κ2) is 13.1. The number of amides is 1. The fourth-order valence-electron chi connectivity index (χ4n) is 3.71. The molecule has 0 spiro atoms. The molecule has 0 bridgehead atoms. The van der Waals surface area contributed by atoms with Gasteiger partial charge in [-0.25, -0.2) is 0 Å². The highest BCUT2D eigenvalue weighted by molar-refractivity contribution is 6.02. The summed E-state index contributed by atoms with van der Waals surface area (Å²) in [6.45, 7) is 3.76. The van der Waals surface area contributed by atoms with E-state index >= 15 is 0 Å². The number of oxime groups is 1. The van der Waals surface area contributed by atoms with Gasteiger partial charge < -0.3 is 20.0 Å². The smallest absolute Gasteiger partial charge is 0.260 e. The van der Waals surface area contributed by atoms with Gasteiger partial charge in [0.05, 0.1) is 5.71 Å². The van der Waals surface area contributed by atoms with Gasteiger partial charge in [0.25, 0.3) is 5.91 Å². The van der Waals surface area contributed by atoms with Crippen molar-refractivity contribution in [2.24, 2.45) is 5.16 Å². The van der Waals surface area contributed by atoms with Crippen LogP contribution in [0, 0.1) is 0 Å². The summed E-state index contributed by atoms with van der Waals surface area (Å²) in [5.74, 6) is 0.415. The van der Waals surface area contributed by atoms with Crippen LogP contribution >= 0.6 is 0 Å². The Kier molecular flexibility index (Phi) is 10.4. The van der Waals surface area contributed by atoms with Crippen LogP contribution in [0.5, 0.6) is 11.5 Å². The zero-order valence-corrected chi connectivity index (χ0v) is 17.7. The highest BCUT2D eigenvalue weighted by Crippen LogP contribution is 2.26. The first-order valence-electron chi connectivity index (χ1n) is 11.1. The molecule has 1 saturated heterocycles. The van der Waals surface area contributed by atoms with Crippen LogP contribution in [0.3, 0.4) is 0 Å². The van der Waals surface area contributed by atoms with E-state index in [1.165, 1.54) is 44.6 Å². The Hall–Kier alpha value is -2.24. The molecule has 1 aliphatic heterocycles. The Bertz CT molecular complexity index is 654. The fraction of sp³-hybridized carbons (Fsp3) is 0.652. The minimum atomic E-state index is -0.0300. The van der Waals surface area contributed by atoms with Gasteiger partial charge in [-0.2, -0.15) is 0 Å². The van der Waals surface area contributed by atoms with Crippen LogP contribution in [0.15, 0.2) is 23.4 Å². The summed E-state index contributed by atoms with van der Waals surface area (Å²) in [5, 5.41) is 23.1. The third kappa shape index (κ3) is 7.95. The SMILES string of the molecule is CCCCCCCCC/C(=N\O)c1ccc(OCC(=O)N2CCCCC2)cc1O. The van der Waals surface area contributed by atoms with E-state index in [2.05, 4.69) is 12.1 Å². The maximum Gasteiger partial charge on any atom is 0.260 e. The van der Waals surface area contributed by atoms with Crippen LogP contribution < -0.4 is 4.74 Å². The van der Waals surface area contributed by atoms with Crippen LogP contribution in [-0.2, 0) is 4.79 Å². The van der Waals surface area contributed by atoms with Gasteiger partial charge in [0.1, 0.15) is 11.5 Å². The average Bonchev–Trinajstić information content (AvgIpc) is 2.75. The number of hydrogen-bond acceptors (Lipinski definition) is 5. The quantitative estimate of drug-likeness (QED) is 0.220. The number of benzene rings is 1. The molecule has 0 radical (unpaired) electrons. The van der Waals surface area contributed by atoms with Crippen molar-refractivity contribution >= 4 is 11.6 Å². The first-order chi connectivity index (χ1) is 14.2. The van der Waals surface area contributed by atoms with E-state index in [-0.39, 0.29) is 18.3 Å². The van der Waals surface area contributed by atoms with Crippen LogP contribution in [0.1, 0.15) is 83.1 Å². The summed E-state index contributed by atoms with van der Waals surface area (Å²) in [6, 6.07) is 4.87. The zero-order chi connectivity index (χ0) is 20.9. The Morgan fingerprint density at radius 2 is 1.76 bits per heavy atom. The summed E-state index contributed by atoms with van der Waals surface area (Å²) in [5.41, 5.74) is 0.986. The van der Waals surface area contributed by atoms with Gasteiger partial charge in [0.15, 0.2) is 6.61 Å². The van der Waals surface area contributed by atoms with Crippen LogP contribution in [0.4, 0.5) is 0 Å². The molecule has 2 rings (SSSR count). The number of carbonyl (C=O) groups excluding carboxylic acids is 1. The van der Waals surface area contributed by atoms with Gasteiger partial charge in [-0.1, -0.05) is 50.6 Å². The summed E-state index contributed by atoms with van der Waals surface area (Å²) in [7, 11) is 0. The number of unbranched alkanes of at least 4 members (excludes halogenated alkanes) is 6. The summed E-state index contributed by atoms with van der Waals surface area (Å²) in [6.07, 6.45) is 12.1. The first kappa shape index (κ1) is 23.0. The third-order valence-electron chi connectivity index (χ3n) is 5.49. The zero-order valence-electron chi connectivity index (χ0n) is 17.7. The second-order valence-corrected chi connectivity index (χ2v) is 7.83. The molecule has 1 aromatic carbocycles. The molecule has 1 amide bonds. The van der Waals surface area contributed by atoms with E-state index in [1.54, 1.807) is 12.1 Å². The molecule has 29 heavy (non-hydrogen) atoms. The van der Waals surface area contributed by atoms with Gasteiger partial charge in [-0.3, -0.25) is 4.79 Å². The average molecular weight is 405 g/mol. The van der Waals surface area contributed by atoms with Crippen LogP contribution in [0.25, 0.3) is 0 Å². The standard InChI is InChI=1S/C23H36N2O4/c1-2-3-4-5-6-7-9-12-21(24-28)20-14-13-19(17-22(20)26)29-18-23(27)25-15-10-8-11-16-25/h13-14,17,26,28H,2-12,15-16,18H2,1H3/b24-21+. The largest absolute Gasteiger partial charge is 0.507 e. The Morgan fingerprint density at radius 1 is 1.07 bits per heavy atom. The van der Waals surface area contributed by atoms with Crippen molar-refractivity contribution in [1.29, 1.82) is 0 Å². The lowest BCUT2D eigenvalue weighted by atomic mass is 10.0. The van der Waals surface area contributed by atoms with Crippen LogP contribution in [0.2, 0.25) is 0 Å². The number of aromatic hydroxyl groups is 1. The second-order valence-electron chi connectivity index (χ2n) is 7.83. The lowest BCUT2D eigenvalue weighted by molar-refractivity contribution is -0.134. The van der Waals surface area contributed by atoms with Gasteiger partial charge in [-0.05, 0) is 44.2 Å². The van der Waals surface area contributed by atoms with Gasteiger partial charge in [0, 0.05) is 24.7 Å². The molecule has 1 fully saturated rings. The predicted molar refractivity (Wildman–Crippen MR) is 115 cm³/mol. The van der Waals surface area contributed by atoms with Crippen molar-refractivity contribution < 1.29 is 19.8 Å². The van der Waals surface area contributed by atoms with E-state index in [4.69, 9.17) is 4.74 Å². The first-order valence-corrected chi connectivity index (χ1v) is 11.1. The number of carbonyl (C=O) groups is 1. The molecule has 1 heterocycles. The molecule has 0 unspecified atom stereocenters. The summed E-state index contributed by atoms with van der Waals surface area (Å²) < 4.78 is 5.56. The van der Waals surface area contributed by atoms with E-state index in [1.807, 2.05) is 4.90 Å². The molecular formula is C23H36N2O4. The molecule has 1 aliphatic rings. The molecule has 0 saturated carbocycles. The van der Waals surface area contributed by atoms with Crippen LogP contribution in [-0.4, -0.2) is 46.5 Å². The van der Waals surface area contributed by atoms with Crippen molar-refractivity contribution in [3.63, 3.8) is 0 Å². The number of nitrogens with zero attached hydrogens (tertiary/aromatic N) is 2. The Balaban J connectivity index is 1.79. The maximum atomic E-state index is 12.2. The van der Waals surface area contributed by atoms with Gasteiger partial charge in [0.2, 0.25) is 0 Å². The van der Waals surface area contributed by atoms with Crippen molar-refractivity contribution in [1.82, 2.24) is 4.90 Å². The third-order valence-corrected chi connectivity index (χ3v) is 5.49. The number of hydrogen-bond donors (Lipinski definition) is 2. The maximum absolute atomic E-state index is 12.2. The van der Waals surface area contributed by atoms with Gasteiger partial charge >= 0.3 is 0 Å². The number of phenolic OH excluding ortho intramolecular Hbond substituents is 1. The summed E-state index contributed by atoms with van der Waals surface area (Å²) >= 11 is 0. The number of ether oxygens (including phenoxy) is 1.